The van der Waals surface area contributed by atoms with Crippen molar-refractivity contribution < 1.29 is 13.6 Å². The van der Waals surface area contributed by atoms with Gasteiger partial charge in [0, 0.05) is 17.5 Å². The summed E-state index contributed by atoms with van der Waals surface area (Å²) >= 11 is 4.06. The number of hydrogen-bond donors (Lipinski definition) is 0. The Morgan fingerprint density at radius 1 is 1.50 bits per heavy atom. The number of halogens is 3. The number of rotatable bonds is 1. The minimum absolute atomic E-state index is 0.0482. The molecule has 0 radical (unpaired) electrons. The summed E-state index contributed by atoms with van der Waals surface area (Å²) in [6.07, 6.45) is 0. The van der Waals surface area contributed by atoms with Gasteiger partial charge in [-0.25, -0.2) is 8.78 Å². The van der Waals surface area contributed by atoms with Gasteiger partial charge in [0.05, 0.1) is 11.3 Å². The second kappa shape index (κ2) is 6.02. The van der Waals surface area contributed by atoms with Crippen molar-refractivity contribution in [2.45, 2.75) is 6.92 Å². The van der Waals surface area contributed by atoms with Gasteiger partial charge in [-0.05, 0) is 22.0 Å². The van der Waals surface area contributed by atoms with E-state index in [1.807, 2.05) is 0 Å². The molecule has 0 fully saturated rings. The van der Waals surface area contributed by atoms with Gasteiger partial charge in [0.1, 0.15) is 11.6 Å². The Morgan fingerprint density at radius 3 is 2.75 bits per heavy atom. The highest BCUT2D eigenvalue weighted by atomic mass is 79.9. The summed E-state index contributed by atoms with van der Waals surface area (Å²) in [7, 11) is 0. The molecule has 1 aromatic rings. The fraction of sp³-hybridized carbons (Fsp3) is 0.182. The zero-order valence-corrected chi connectivity index (χ0v) is 10.7. The standard InChI is InChI=1S/C11H7BrF2OS/c1-7(15)16-4-2-3-9-10(12)5-8(13)6-11(9)14/h5-6H,4H2,1H3. The zero-order chi connectivity index (χ0) is 12.1. The molecule has 0 aliphatic rings. The van der Waals surface area contributed by atoms with Crippen LogP contribution in [0.3, 0.4) is 0 Å². The molecule has 0 aliphatic carbocycles. The molecule has 0 unspecified atom stereocenters. The van der Waals surface area contributed by atoms with Gasteiger partial charge in [0.25, 0.3) is 0 Å². The largest absolute Gasteiger partial charge is 0.288 e. The van der Waals surface area contributed by atoms with Crippen molar-refractivity contribution in [1.29, 1.82) is 0 Å². The van der Waals surface area contributed by atoms with Crippen molar-refractivity contribution in [1.82, 2.24) is 0 Å². The molecule has 5 heteroatoms. The molecule has 0 N–H and O–H groups in total. The monoisotopic (exact) mass is 304 g/mol. The Labute approximate surface area is 105 Å². The van der Waals surface area contributed by atoms with Crippen LogP contribution in [0.1, 0.15) is 12.5 Å². The van der Waals surface area contributed by atoms with Crippen LogP contribution in [0, 0.1) is 23.5 Å². The van der Waals surface area contributed by atoms with Crippen molar-refractivity contribution in [2.75, 3.05) is 5.75 Å². The van der Waals surface area contributed by atoms with Gasteiger partial charge >= 0.3 is 0 Å². The summed E-state index contributed by atoms with van der Waals surface area (Å²) in [5.74, 6) is 4.10. The van der Waals surface area contributed by atoms with E-state index < -0.39 is 11.6 Å². The van der Waals surface area contributed by atoms with E-state index in [4.69, 9.17) is 0 Å². The Morgan fingerprint density at radius 2 is 2.19 bits per heavy atom. The molecule has 84 valence electrons. The van der Waals surface area contributed by atoms with E-state index in [0.717, 1.165) is 23.9 Å². The van der Waals surface area contributed by atoms with E-state index in [-0.39, 0.29) is 15.2 Å². The highest BCUT2D eigenvalue weighted by molar-refractivity contribution is 9.10. The molecule has 0 saturated heterocycles. The van der Waals surface area contributed by atoms with Gasteiger partial charge in [-0.2, -0.15) is 0 Å². The Balaban J connectivity index is 2.84. The second-order valence-electron chi connectivity index (χ2n) is 2.83. The number of benzene rings is 1. The molecule has 1 aromatic carbocycles. The van der Waals surface area contributed by atoms with E-state index in [1.165, 1.54) is 6.92 Å². The maximum atomic E-state index is 13.3. The molecule has 0 spiro atoms. The van der Waals surface area contributed by atoms with Crippen molar-refractivity contribution in [3.8, 4) is 11.8 Å². The lowest BCUT2D eigenvalue weighted by molar-refractivity contribution is -0.109. The Kier molecular flexibility index (Phi) is 4.97. The lowest BCUT2D eigenvalue weighted by atomic mass is 10.2. The lowest BCUT2D eigenvalue weighted by Gasteiger charge is -1.98. The van der Waals surface area contributed by atoms with Gasteiger partial charge < -0.3 is 0 Å². The summed E-state index contributed by atoms with van der Waals surface area (Å²) in [5.41, 5.74) is 0.102. The summed E-state index contributed by atoms with van der Waals surface area (Å²) < 4.78 is 26.3. The second-order valence-corrected chi connectivity index (χ2v) is 4.83. The van der Waals surface area contributed by atoms with Crippen molar-refractivity contribution >= 4 is 32.8 Å². The predicted molar refractivity (Wildman–Crippen MR) is 64.1 cm³/mol. The zero-order valence-electron chi connectivity index (χ0n) is 8.31. The number of carbonyl (C=O) groups excluding carboxylic acids is 1. The van der Waals surface area contributed by atoms with Gasteiger partial charge in [-0.15, -0.1) is 0 Å². The fourth-order valence-electron chi connectivity index (χ4n) is 0.924. The van der Waals surface area contributed by atoms with Crippen LogP contribution in [0.4, 0.5) is 8.78 Å². The van der Waals surface area contributed by atoms with Gasteiger partial charge in [-0.3, -0.25) is 4.79 Å². The number of thioether (sulfide) groups is 1. The van der Waals surface area contributed by atoms with Crippen LogP contribution in [-0.4, -0.2) is 10.9 Å². The van der Waals surface area contributed by atoms with Crippen LogP contribution in [0.25, 0.3) is 0 Å². The summed E-state index contributed by atoms with van der Waals surface area (Å²) in [6.45, 7) is 1.43. The molecule has 0 aromatic heterocycles. The average molecular weight is 305 g/mol. The van der Waals surface area contributed by atoms with Crippen LogP contribution in [0.15, 0.2) is 16.6 Å². The van der Waals surface area contributed by atoms with E-state index in [0.29, 0.717) is 5.75 Å². The predicted octanol–water partition coefficient (Wildman–Crippen LogP) is 3.36. The maximum Gasteiger partial charge on any atom is 0.186 e. The van der Waals surface area contributed by atoms with Gasteiger partial charge in [-0.1, -0.05) is 23.6 Å². The molecule has 0 aliphatic heterocycles. The molecule has 1 rings (SSSR count). The van der Waals surface area contributed by atoms with E-state index in [1.54, 1.807) is 0 Å². The number of hydrogen-bond acceptors (Lipinski definition) is 2. The molecule has 0 amide bonds. The van der Waals surface area contributed by atoms with Crippen LogP contribution >= 0.6 is 27.7 Å². The number of carbonyl (C=O) groups is 1. The van der Waals surface area contributed by atoms with Gasteiger partial charge in [0.2, 0.25) is 0 Å². The van der Waals surface area contributed by atoms with Crippen LogP contribution in [0.5, 0.6) is 0 Å². The topological polar surface area (TPSA) is 17.1 Å². The first-order valence-electron chi connectivity index (χ1n) is 4.27. The fourth-order valence-corrected chi connectivity index (χ4v) is 1.78. The highest BCUT2D eigenvalue weighted by Gasteiger charge is 2.06. The average Bonchev–Trinajstić information content (AvgIpc) is 2.14. The summed E-state index contributed by atoms with van der Waals surface area (Å²) in [5, 5.41) is -0.0482. The van der Waals surface area contributed by atoms with Gasteiger partial charge in [0.15, 0.2) is 5.12 Å². The normalized spacial score (nSPS) is 9.50. The van der Waals surface area contributed by atoms with Crippen molar-refractivity contribution in [2.24, 2.45) is 0 Å². The van der Waals surface area contributed by atoms with Crippen molar-refractivity contribution in [3.63, 3.8) is 0 Å². The maximum absolute atomic E-state index is 13.3. The van der Waals surface area contributed by atoms with E-state index >= 15 is 0 Å². The third-order valence-corrected chi connectivity index (χ3v) is 2.89. The SMILES string of the molecule is CC(=O)SCC#Cc1c(F)cc(F)cc1Br. The van der Waals surface area contributed by atoms with E-state index in [2.05, 4.69) is 27.8 Å². The van der Waals surface area contributed by atoms with E-state index in [9.17, 15) is 13.6 Å². The van der Waals surface area contributed by atoms with Crippen LogP contribution in [0.2, 0.25) is 0 Å². The first-order valence-corrected chi connectivity index (χ1v) is 6.05. The van der Waals surface area contributed by atoms with Crippen molar-refractivity contribution in [3.05, 3.63) is 33.8 Å². The van der Waals surface area contributed by atoms with Crippen LogP contribution < -0.4 is 0 Å². The van der Waals surface area contributed by atoms with Crippen LogP contribution in [-0.2, 0) is 4.79 Å². The quantitative estimate of drug-likeness (QED) is 0.740. The molecule has 0 heterocycles. The molecule has 0 atom stereocenters. The Hall–Kier alpha value is -0.860. The summed E-state index contributed by atoms with van der Waals surface area (Å²) in [4.78, 5) is 10.6. The smallest absolute Gasteiger partial charge is 0.186 e. The third kappa shape index (κ3) is 3.95. The molecular weight excluding hydrogens is 298 g/mol. The molecule has 16 heavy (non-hydrogen) atoms. The highest BCUT2D eigenvalue weighted by Crippen LogP contribution is 2.20. The first-order chi connectivity index (χ1) is 7.50. The first kappa shape index (κ1) is 13.2. The minimum Gasteiger partial charge on any atom is -0.288 e. The molecular formula is C11H7BrF2OS. The third-order valence-electron chi connectivity index (χ3n) is 1.57. The Bertz CT molecular complexity index is 454. The molecule has 0 bridgehead atoms. The minimum atomic E-state index is -0.716. The molecule has 1 nitrogen and oxygen atoms in total. The molecule has 0 saturated carbocycles. The summed E-state index contributed by atoms with van der Waals surface area (Å²) in [6, 6.07) is 1.91. The lowest BCUT2D eigenvalue weighted by Crippen LogP contribution is -1.89.